The number of ether oxygens (including phenoxy) is 1. The van der Waals surface area contributed by atoms with Crippen LogP contribution < -0.4 is 20.7 Å². The predicted molar refractivity (Wildman–Crippen MR) is 127 cm³/mol. The van der Waals surface area contributed by atoms with Crippen molar-refractivity contribution in [2.75, 3.05) is 18.2 Å². The normalized spacial score (nSPS) is 15.4. The second kappa shape index (κ2) is 10.4. The monoisotopic (exact) mass is 480 g/mol. The molecule has 1 fully saturated rings. The second-order valence-electron chi connectivity index (χ2n) is 7.77. The first-order valence-electron chi connectivity index (χ1n) is 10.6. The summed E-state index contributed by atoms with van der Waals surface area (Å²) in [6.45, 7) is 1.96. The molecular weight excluding hydrogens is 456 g/mol. The first-order chi connectivity index (χ1) is 16.4. The van der Waals surface area contributed by atoms with Gasteiger partial charge in [0.25, 0.3) is 0 Å². The molecule has 4 rings (SSSR count). The van der Waals surface area contributed by atoms with Crippen LogP contribution in [0.15, 0.2) is 53.7 Å². The molecule has 0 saturated carbocycles. The van der Waals surface area contributed by atoms with E-state index < -0.39 is 12.1 Å². The smallest absolute Gasteiger partial charge is 0.321 e. The third-order valence-electron chi connectivity index (χ3n) is 5.10. The number of nitrogens with one attached hydrogen (secondary N) is 3. The molecule has 1 saturated heterocycles. The van der Waals surface area contributed by atoms with Gasteiger partial charge in [-0.3, -0.25) is 19.5 Å². The maximum atomic E-state index is 12.5. The number of urea groups is 1. The standard InChI is InChI=1S/C23H24N6O4S/c1-14-5-3-6-15(9-14)24-21(31)13-34-23-28-27-19(10-16-11-20(30)26-22(32)25-16)29(23)17-7-4-8-18(12-17)33-2/h3-9,12,16H,10-11,13H2,1-2H3,(H,24,31)(H2,25,26,30,32). The largest absolute Gasteiger partial charge is 0.497 e. The number of benzene rings is 2. The van der Waals surface area contributed by atoms with Crippen LogP contribution >= 0.6 is 11.8 Å². The van der Waals surface area contributed by atoms with Gasteiger partial charge < -0.3 is 15.4 Å². The van der Waals surface area contributed by atoms with Crippen LogP contribution in [0.2, 0.25) is 0 Å². The number of aryl methyl sites for hydroxylation is 1. The Morgan fingerprint density at radius 1 is 1.21 bits per heavy atom. The lowest BCUT2D eigenvalue weighted by molar-refractivity contribution is -0.121. The summed E-state index contributed by atoms with van der Waals surface area (Å²) in [4.78, 5) is 36.0. The van der Waals surface area contributed by atoms with Crippen molar-refractivity contribution in [3.8, 4) is 11.4 Å². The molecule has 0 spiro atoms. The Balaban J connectivity index is 1.55. The van der Waals surface area contributed by atoms with E-state index in [4.69, 9.17) is 4.74 Å². The number of nitrogens with zero attached hydrogens (tertiary/aromatic N) is 3. The molecule has 1 atom stereocenters. The summed E-state index contributed by atoms with van der Waals surface area (Å²) >= 11 is 1.24. The number of amides is 4. The van der Waals surface area contributed by atoms with Gasteiger partial charge in [-0.25, -0.2) is 4.79 Å². The highest BCUT2D eigenvalue weighted by Crippen LogP contribution is 2.26. The number of methoxy groups -OCH3 is 1. The van der Waals surface area contributed by atoms with Crippen LogP contribution in [0.1, 0.15) is 17.8 Å². The van der Waals surface area contributed by atoms with Crippen molar-refractivity contribution in [3.05, 3.63) is 59.9 Å². The number of rotatable bonds is 8. The minimum atomic E-state index is -0.531. The van der Waals surface area contributed by atoms with Crippen molar-refractivity contribution in [1.29, 1.82) is 0 Å². The van der Waals surface area contributed by atoms with Crippen LogP contribution in [-0.4, -0.2) is 51.5 Å². The van der Waals surface area contributed by atoms with Gasteiger partial charge >= 0.3 is 6.03 Å². The molecule has 1 aliphatic rings. The summed E-state index contributed by atoms with van der Waals surface area (Å²) in [6, 6.07) is 14.0. The Hall–Kier alpha value is -3.86. The van der Waals surface area contributed by atoms with Gasteiger partial charge in [0.1, 0.15) is 11.6 Å². The molecule has 0 radical (unpaired) electrons. The number of carbonyl (C=O) groups excluding carboxylic acids is 3. The molecule has 4 amide bonds. The van der Waals surface area contributed by atoms with Crippen LogP contribution in [0.25, 0.3) is 5.69 Å². The van der Waals surface area contributed by atoms with Gasteiger partial charge in [0, 0.05) is 30.6 Å². The minimum absolute atomic E-state index is 0.124. The highest BCUT2D eigenvalue weighted by molar-refractivity contribution is 7.99. The molecule has 0 bridgehead atoms. The lowest BCUT2D eigenvalue weighted by Gasteiger charge is -2.23. The van der Waals surface area contributed by atoms with E-state index >= 15 is 0 Å². The van der Waals surface area contributed by atoms with E-state index in [0.717, 1.165) is 16.9 Å². The van der Waals surface area contributed by atoms with Crippen LogP contribution in [0.3, 0.4) is 0 Å². The highest BCUT2D eigenvalue weighted by atomic mass is 32.2. The Bertz CT molecular complexity index is 1210. The number of anilines is 1. The molecule has 2 heterocycles. The average molecular weight is 481 g/mol. The molecule has 0 aliphatic carbocycles. The Labute approximate surface area is 200 Å². The van der Waals surface area contributed by atoms with Crippen molar-refractivity contribution in [2.45, 2.75) is 31.0 Å². The van der Waals surface area contributed by atoms with Crippen LogP contribution in [-0.2, 0) is 16.0 Å². The number of aromatic nitrogens is 3. The summed E-state index contributed by atoms with van der Waals surface area (Å²) in [5.41, 5.74) is 2.52. The number of hydrogen-bond acceptors (Lipinski definition) is 7. The lowest BCUT2D eigenvalue weighted by Crippen LogP contribution is -2.53. The van der Waals surface area contributed by atoms with E-state index in [1.165, 1.54) is 11.8 Å². The lowest BCUT2D eigenvalue weighted by atomic mass is 10.1. The molecule has 1 aliphatic heterocycles. The summed E-state index contributed by atoms with van der Waals surface area (Å²) in [5.74, 6) is 0.807. The van der Waals surface area contributed by atoms with Gasteiger partial charge in [-0.05, 0) is 36.8 Å². The molecule has 2 aromatic carbocycles. The highest BCUT2D eigenvalue weighted by Gasteiger charge is 2.27. The van der Waals surface area contributed by atoms with Crippen molar-refractivity contribution >= 4 is 35.3 Å². The second-order valence-corrected chi connectivity index (χ2v) is 8.71. The van der Waals surface area contributed by atoms with Gasteiger partial charge in [-0.15, -0.1) is 10.2 Å². The molecule has 3 aromatic rings. The van der Waals surface area contributed by atoms with E-state index in [0.29, 0.717) is 23.2 Å². The Morgan fingerprint density at radius 3 is 2.79 bits per heavy atom. The van der Waals surface area contributed by atoms with Crippen LogP contribution in [0, 0.1) is 6.92 Å². The van der Waals surface area contributed by atoms with E-state index in [1.807, 2.05) is 60.0 Å². The van der Waals surface area contributed by atoms with Crippen molar-refractivity contribution < 1.29 is 19.1 Å². The Kier molecular flexibility index (Phi) is 7.12. The quantitative estimate of drug-likeness (QED) is 0.423. The number of hydrogen-bond donors (Lipinski definition) is 3. The van der Waals surface area contributed by atoms with Gasteiger partial charge in [0.2, 0.25) is 11.8 Å². The SMILES string of the molecule is COc1cccc(-n2c(CC3CC(=O)NC(=O)N3)nnc2SCC(=O)Nc2cccc(C)c2)c1. The summed E-state index contributed by atoms with van der Waals surface area (Å²) in [6.07, 6.45) is 0.428. The maximum Gasteiger partial charge on any atom is 0.321 e. The zero-order valence-corrected chi connectivity index (χ0v) is 19.5. The van der Waals surface area contributed by atoms with Gasteiger partial charge in [-0.1, -0.05) is 30.0 Å². The fraction of sp³-hybridized carbons (Fsp3) is 0.261. The summed E-state index contributed by atoms with van der Waals surface area (Å²) < 4.78 is 7.16. The van der Waals surface area contributed by atoms with Crippen molar-refractivity contribution in [3.63, 3.8) is 0 Å². The molecule has 3 N–H and O–H groups in total. The van der Waals surface area contributed by atoms with E-state index in [1.54, 1.807) is 7.11 Å². The maximum absolute atomic E-state index is 12.5. The molecule has 1 unspecified atom stereocenters. The number of thioether (sulfide) groups is 1. The van der Waals surface area contributed by atoms with Crippen LogP contribution in [0.5, 0.6) is 5.75 Å². The van der Waals surface area contributed by atoms with Gasteiger partial charge in [-0.2, -0.15) is 0 Å². The first kappa shape index (κ1) is 23.3. The predicted octanol–water partition coefficient (Wildman–Crippen LogP) is 2.46. The average Bonchev–Trinajstić information content (AvgIpc) is 3.19. The van der Waals surface area contributed by atoms with Crippen LogP contribution in [0.4, 0.5) is 10.5 Å². The Morgan fingerprint density at radius 2 is 2.03 bits per heavy atom. The van der Waals surface area contributed by atoms with Crippen molar-refractivity contribution in [1.82, 2.24) is 25.4 Å². The zero-order valence-electron chi connectivity index (χ0n) is 18.7. The molecule has 11 heteroatoms. The van der Waals surface area contributed by atoms with E-state index in [2.05, 4.69) is 26.1 Å². The topological polar surface area (TPSA) is 127 Å². The summed E-state index contributed by atoms with van der Waals surface area (Å²) in [7, 11) is 1.58. The number of imide groups is 1. The van der Waals surface area contributed by atoms with Gasteiger partial charge in [0.05, 0.1) is 18.6 Å². The molecular formula is C23H24N6O4S. The third kappa shape index (κ3) is 5.73. The zero-order chi connectivity index (χ0) is 24.1. The molecule has 34 heavy (non-hydrogen) atoms. The first-order valence-corrected chi connectivity index (χ1v) is 11.6. The summed E-state index contributed by atoms with van der Waals surface area (Å²) in [5, 5.41) is 16.9. The van der Waals surface area contributed by atoms with E-state index in [9.17, 15) is 14.4 Å². The molecule has 10 nitrogen and oxygen atoms in total. The molecule has 1 aromatic heterocycles. The van der Waals surface area contributed by atoms with Crippen molar-refractivity contribution in [2.24, 2.45) is 0 Å². The van der Waals surface area contributed by atoms with E-state index in [-0.39, 0.29) is 24.0 Å². The molecule has 176 valence electrons. The van der Waals surface area contributed by atoms with Gasteiger partial charge in [0.15, 0.2) is 5.16 Å². The fourth-order valence-electron chi connectivity index (χ4n) is 3.60. The third-order valence-corrected chi connectivity index (χ3v) is 6.02. The minimum Gasteiger partial charge on any atom is -0.497 e. The fourth-order valence-corrected chi connectivity index (χ4v) is 4.37. The number of carbonyl (C=O) groups is 3.